The molecule has 33 heavy (non-hydrogen) atoms. The molecule has 3 fully saturated rings. The SMILES string of the molecule is O=C(NC12CC(C(F)(F)F)(C1)C2)c1ccc(C(F)(F)F)cc1S(=O)(=O)Nc1ccc(I)cc1. The van der Waals surface area contributed by atoms with E-state index in [1.165, 1.54) is 12.1 Å². The van der Waals surface area contributed by atoms with Crippen molar-refractivity contribution in [1.82, 2.24) is 5.32 Å². The van der Waals surface area contributed by atoms with Crippen LogP contribution in [-0.4, -0.2) is 26.0 Å². The fourth-order valence-electron chi connectivity index (χ4n) is 4.37. The van der Waals surface area contributed by atoms with Crippen molar-refractivity contribution in [1.29, 1.82) is 0 Å². The van der Waals surface area contributed by atoms with E-state index in [9.17, 15) is 39.6 Å². The highest BCUT2D eigenvalue weighted by atomic mass is 127. The minimum absolute atomic E-state index is 0.0609. The van der Waals surface area contributed by atoms with Gasteiger partial charge in [0.2, 0.25) is 0 Å². The lowest BCUT2D eigenvalue weighted by atomic mass is 9.39. The largest absolute Gasteiger partial charge is 0.416 e. The van der Waals surface area contributed by atoms with Crippen LogP contribution in [0.2, 0.25) is 0 Å². The lowest BCUT2D eigenvalue weighted by Gasteiger charge is -2.70. The van der Waals surface area contributed by atoms with Crippen molar-refractivity contribution in [3.8, 4) is 0 Å². The molecule has 1 amide bonds. The maximum absolute atomic E-state index is 13.2. The fraction of sp³-hybridized carbons (Fsp3) is 0.350. The normalized spacial score (nSPS) is 24.5. The van der Waals surface area contributed by atoms with Gasteiger partial charge < -0.3 is 5.32 Å². The number of halogens is 7. The standard InChI is InChI=1S/C20H15F6IN2O3S/c21-19(22,23)11-1-6-14(16(30)28-18-8-17(9-18,10-18)20(24,25)26)15(7-11)33(31,32)29-13-4-2-12(27)3-5-13/h1-7,29H,8-10H2,(H,28,30). The number of anilines is 1. The molecule has 0 aliphatic heterocycles. The predicted octanol–water partition coefficient (Wildman–Crippen LogP) is 5.33. The summed E-state index contributed by atoms with van der Waals surface area (Å²) >= 11 is 1.98. The Morgan fingerprint density at radius 3 is 2.03 bits per heavy atom. The van der Waals surface area contributed by atoms with Crippen LogP contribution in [0.25, 0.3) is 0 Å². The first kappa shape index (κ1) is 24.1. The van der Waals surface area contributed by atoms with Crippen LogP contribution in [0.5, 0.6) is 0 Å². The van der Waals surface area contributed by atoms with Crippen LogP contribution in [0.4, 0.5) is 32.0 Å². The topological polar surface area (TPSA) is 75.3 Å². The first-order chi connectivity index (χ1) is 15.1. The Bertz CT molecular complexity index is 1210. The molecule has 2 aromatic rings. The van der Waals surface area contributed by atoms with Crippen molar-refractivity contribution in [2.45, 2.75) is 42.0 Å². The zero-order valence-corrected chi connectivity index (χ0v) is 19.4. The Morgan fingerprint density at radius 2 is 1.52 bits per heavy atom. The summed E-state index contributed by atoms with van der Waals surface area (Å²) in [5, 5.41) is 2.40. The second kappa shape index (κ2) is 7.48. The number of carbonyl (C=O) groups excluding carboxylic acids is 1. The van der Waals surface area contributed by atoms with Gasteiger partial charge >= 0.3 is 12.4 Å². The Kier molecular flexibility index (Phi) is 5.47. The Hall–Kier alpha value is -2.03. The van der Waals surface area contributed by atoms with E-state index < -0.39 is 55.3 Å². The van der Waals surface area contributed by atoms with E-state index >= 15 is 0 Å². The summed E-state index contributed by atoms with van der Waals surface area (Å²) in [6.45, 7) is 0. The number of carbonyl (C=O) groups is 1. The third-order valence-corrected chi connectivity index (χ3v) is 8.09. The number of hydrogen-bond acceptors (Lipinski definition) is 3. The summed E-state index contributed by atoms with van der Waals surface area (Å²) in [6.07, 6.45) is -10.3. The highest BCUT2D eigenvalue weighted by Crippen LogP contribution is 2.73. The maximum atomic E-state index is 13.2. The fourth-order valence-corrected chi connectivity index (χ4v) is 6.01. The van der Waals surface area contributed by atoms with Crippen molar-refractivity contribution < 1.29 is 39.6 Å². The molecule has 5 rings (SSSR count). The van der Waals surface area contributed by atoms with Gasteiger partial charge in [-0.2, -0.15) is 26.3 Å². The zero-order valence-electron chi connectivity index (χ0n) is 16.4. The van der Waals surface area contributed by atoms with Gasteiger partial charge in [-0.1, -0.05) is 0 Å². The summed E-state index contributed by atoms with van der Waals surface area (Å²) in [7, 11) is -4.64. The Balaban J connectivity index is 1.64. The smallest absolute Gasteiger partial charge is 0.346 e. The number of alkyl halides is 6. The van der Waals surface area contributed by atoms with Gasteiger partial charge in [0.1, 0.15) is 4.90 Å². The number of rotatable bonds is 5. The maximum Gasteiger partial charge on any atom is 0.416 e. The zero-order chi connectivity index (χ0) is 24.4. The van der Waals surface area contributed by atoms with Crippen molar-refractivity contribution in [2.24, 2.45) is 5.41 Å². The van der Waals surface area contributed by atoms with Crippen LogP contribution in [0, 0.1) is 8.99 Å². The molecule has 2 bridgehead atoms. The van der Waals surface area contributed by atoms with E-state index in [2.05, 4.69) is 10.0 Å². The van der Waals surface area contributed by atoms with Crippen molar-refractivity contribution >= 4 is 44.2 Å². The molecule has 0 saturated heterocycles. The second-order valence-electron chi connectivity index (χ2n) is 8.36. The number of hydrogen-bond donors (Lipinski definition) is 2. The quantitative estimate of drug-likeness (QED) is 0.359. The third kappa shape index (κ3) is 4.29. The number of nitrogens with one attached hydrogen (secondary N) is 2. The van der Waals surface area contributed by atoms with Crippen LogP contribution in [-0.2, 0) is 16.2 Å². The lowest BCUT2D eigenvalue weighted by Crippen LogP contribution is -2.78. The third-order valence-electron chi connectivity index (χ3n) is 5.95. The lowest BCUT2D eigenvalue weighted by molar-refractivity contribution is -0.336. The second-order valence-corrected chi connectivity index (χ2v) is 11.3. The molecule has 0 atom stereocenters. The minimum Gasteiger partial charge on any atom is -0.346 e. The van der Waals surface area contributed by atoms with E-state index in [4.69, 9.17) is 0 Å². The number of amides is 1. The first-order valence-electron chi connectivity index (χ1n) is 9.45. The van der Waals surface area contributed by atoms with E-state index in [1.54, 1.807) is 12.1 Å². The van der Waals surface area contributed by atoms with Gasteiger partial charge in [0.15, 0.2) is 0 Å². The van der Waals surface area contributed by atoms with Gasteiger partial charge in [-0.3, -0.25) is 9.52 Å². The molecule has 3 saturated carbocycles. The summed E-state index contributed by atoms with van der Waals surface area (Å²) in [5.41, 5.74) is -4.82. The molecule has 2 N–H and O–H groups in total. The summed E-state index contributed by atoms with van der Waals surface area (Å²) in [6, 6.07) is 7.53. The molecule has 0 spiro atoms. The molecule has 2 aromatic carbocycles. The van der Waals surface area contributed by atoms with Crippen molar-refractivity contribution in [2.75, 3.05) is 4.72 Å². The van der Waals surface area contributed by atoms with Gasteiger partial charge in [-0.15, -0.1) is 0 Å². The monoisotopic (exact) mass is 604 g/mol. The Labute approximate surface area is 198 Å². The molecule has 0 radical (unpaired) electrons. The summed E-state index contributed by atoms with van der Waals surface area (Å²) in [4.78, 5) is 11.9. The van der Waals surface area contributed by atoms with E-state index in [-0.39, 0.29) is 24.9 Å². The molecule has 0 unspecified atom stereocenters. The predicted molar refractivity (Wildman–Crippen MR) is 114 cm³/mol. The van der Waals surface area contributed by atoms with Crippen LogP contribution >= 0.6 is 22.6 Å². The average molecular weight is 604 g/mol. The molecule has 0 heterocycles. The molecule has 178 valence electrons. The molecule has 13 heteroatoms. The summed E-state index contributed by atoms with van der Waals surface area (Å²) < 4.78 is 108. The highest BCUT2D eigenvalue weighted by molar-refractivity contribution is 14.1. The van der Waals surface area contributed by atoms with Gasteiger partial charge in [0, 0.05) is 14.8 Å². The summed E-state index contributed by atoms with van der Waals surface area (Å²) in [5.74, 6) is -1.05. The molecule has 3 aliphatic rings. The Morgan fingerprint density at radius 1 is 0.939 bits per heavy atom. The molecule has 5 nitrogen and oxygen atoms in total. The molecule has 3 aliphatic carbocycles. The van der Waals surface area contributed by atoms with E-state index in [0.29, 0.717) is 18.2 Å². The van der Waals surface area contributed by atoms with Crippen LogP contribution in [0.1, 0.15) is 35.2 Å². The first-order valence-corrected chi connectivity index (χ1v) is 12.0. The van der Waals surface area contributed by atoms with Gasteiger partial charge in [0.05, 0.1) is 16.5 Å². The highest BCUT2D eigenvalue weighted by Gasteiger charge is 2.79. The molecular weight excluding hydrogens is 589 g/mol. The number of sulfonamides is 1. The van der Waals surface area contributed by atoms with Crippen LogP contribution in [0.15, 0.2) is 47.4 Å². The van der Waals surface area contributed by atoms with Crippen LogP contribution in [0.3, 0.4) is 0 Å². The van der Waals surface area contributed by atoms with E-state index in [1.807, 2.05) is 22.6 Å². The van der Waals surface area contributed by atoms with Gasteiger partial charge in [-0.25, -0.2) is 8.42 Å². The molecular formula is C20H15F6IN2O3S. The van der Waals surface area contributed by atoms with Crippen molar-refractivity contribution in [3.05, 3.63) is 57.2 Å². The molecule has 0 aromatic heterocycles. The average Bonchev–Trinajstić information content (AvgIpc) is 2.62. The minimum atomic E-state index is -4.88. The van der Waals surface area contributed by atoms with E-state index in [0.717, 1.165) is 3.57 Å². The van der Waals surface area contributed by atoms with Gasteiger partial charge in [0.25, 0.3) is 15.9 Å². The number of benzene rings is 2. The van der Waals surface area contributed by atoms with Crippen LogP contribution < -0.4 is 10.0 Å². The van der Waals surface area contributed by atoms with Crippen molar-refractivity contribution in [3.63, 3.8) is 0 Å². The van der Waals surface area contributed by atoms with Gasteiger partial charge in [-0.05, 0) is 84.3 Å².